The lowest BCUT2D eigenvalue weighted by Crippen LogP contribution is -2.11. The molecule has 0 amide bonds. The number of Topliss-reactive ketones (excluding diaryl/α,β-unsaturated/α-hetero) is 1. The Hall–Kier alpha value is -2.16. The molecule has 0 fully saturated rings. The first kappa shape index (κ1) is 12.3. The van der Waals surface area contributed by atoms with Crippen LogP contribution in [0.3, 0.4) is 0 Å². The molecule has 3 nitrogen and oxygen atoms in total. The van der Waals surface area contributed by atoms with Crippen LogP contribution < -0.4 is 0 Å². The van der Waals surface area contributed by atoms with Gasteiger partial charge < -0.3 is 4.74 Å². The third kappa shape index (κ3) is 2.74. The van der Waals surface area contributed by atoms with Gasteiger partial charge in [0.05, 0.1) is 6.61 Å². The topological polar surface area (TPSA) is 43.4 Å². The number of benzene rings is 2. The molecule has 0 aliphatic carbocycles. The fourth-order valence-electron chi connectivity index (χ4n) is 1.81. The normalized spacial score (nSPS) is 10.3. The number of carbonyl (C=O) groups excluding carboxylic acids is 2. The summed E-state index contributed by atoms with van der Waals surface area (Å²) in [7, 11) is 0. The number of fused-ring (bicyclic) bond motifs is 1. The van der Waals surface area contributed by atoms with E-state index in [-0.39, 0.29) is 12.2 Å². The third-order valence-electron chi connectivity index (χ3n) is 2.68. The number of ether oxygens (including phenoxy) is 1. The molecule has 0 radical (unpaired) electrons. The molecule has 18 heavy (non-hydrogen) atoms. The summed E-state index contributed by atoms with van der Waals surface area (Å²) in [6.07, 6.45) is -0.202. The Kier molecular flexibility index (Phi) is 3.72. The smallest absolute Gasteiger partial charge is 0.313 e. The van der Waals surface area contributed by atoms with Crippen LogP contribution in [0, 0.1) is 0 Å². The van der Waals surface area contributed by atoms with E-state index in [1.807, 2.05) is 30.3 Å². The van der Waals surface area contributed by atoms with Crippen molar-refractivity contribution in [1.29, 1.82) is 0 Å². The lowest BCUT2D eigenvalue weighted by molar-refractivity contribution is -0.141. The molecule has 2 aromatic rings. The SMILES string of the molecule is CCOC(=O)CC(=O)c1ccc2ccccc2c1. The van der Waals surface area contributed by atoms with E-state index >= 15 is 0 Å². The zero-order chi connectivity index (χ0) is 13.0. The highest BCUT2D eigenvalue weighted by Crippen LogP contribution is 2.16. The molecule has 0 atom stereocenters. The highest BCUT2D eigenvalue weighted by Gasteiger charge is 2.12. The largest absolute Gasteiger partial charge is 0.466 e. The minimum atomic E-state index is -0.476. The molecule has 0 unspecified atom stereocenters. The van der Waals surface area contributed by atoms with Crippen LogP contribution in [0.4, 0.5) is 0 Å². The van der Waals surface area contributed by atoms with Gasteiger partial charge in [0.1, 0.15) is 6.42 Å². The average Bonchev–Trinajstić information content (AvgIpc) is 2.38. The fraction of sp³-hybridized carbons (Fsp3) is 0.200. The van der Waals surface area contributed by atoms with E-state index in [1.165, 1.54) is 0 Å². The molecule has 0 spiro atoms. The van der Waals surface area contributed by atoms with Crippen molar-refractivity contribution in [2.75, 3.05) is 6.61 Å². The lowest BCUT2D eigenvalue weighted by atomic mass is 10.0. The highest BCUT2D eigenvalue weighted by molar-refractivity contribution is 6.07. The van der Waals surface area contributed by atoms with Gasteiger partial charge >= 0.3 is 5.97 Å². The van der Waals surface area contributed by atoms with Crippen molar-refractivity contribution >= 4 is 22.5 Å². The maximum Gasteiger partial charge on any atom is 0.313 e. The van der Waals surface area contributed by atoms with E-state index in [0.717, 1.165) is 10.8 Å². The number of carbonyl (C=O) groups is 2. The Morgan fingerprint density at radius 2 is 1.78 bits per heavy atom. The van der Waals surface area contributed by atoms with Gasteiger partial charge in [0.15, 0.2) is 5.78 Å². The molecule has 0 saturated carbocycles. The molecule has 2 rings (SSSR count). The summed E-state index contributed by atoms with van der Waals surface area (Å²) in [4.78, 5) is 23.1. The minimum absolute atomic E-state index is 0.202. The molecule has 0 aliphatic rings. The van der Waals surface area contributed by atoms with Gasteiger partial charge in [0, 0.05) is 5.56 Å². The van der Waals surface area contributed by atoms with Crippen LogP contribution in [-0.2, 0) is 9.53 Å². The van der Waals surface area contributed by atoms with Crippen molar-refractivity contribution in [3.8, 4) is 0 Å². The monoisotopic (exact) mass is 242 g/mol. The predicted octanol–water partition coefficient (Wildman–Crippen LogP) is 2.98. The van der Waals surface area contributed by atoms with E-state index in [0.29, 0.717) is 12.2 Å². The second-order valence-corrected chi connectivity index (χ2v) is 3.97. The molecule has 2 aromatic carbocycles. The second kappa shape index (κ2) is 5.45. The standard InChI is InChI=1S/C15H14O3/c1-2-18-15(17)10-14(16)13-8-7-11-5-3-4-6-12(11)9-13/h3-9H,2,10H2,1H3. The summed E-state index contributed by atoms with van der Waals surface area (Å²) in [6, 6.07) is 13.2. The van der Waals surface area contributed by atoms with E-state index in [2.05, 4.69) is 0 Å². The Morgan fingerprint density at radius 1 is 1.06 bits per heavy atom. The van der Waals surface area contributed by atoms with Gasteiger partial charge in [-0.2, -0.15) is 0 Å². The van der Waals surface area contributed by atoms with Crippen molar-refractivity contribution in [2.45, 2.75) is 13.3 Å². The highest BCUT2D eigenvalue weighted by atomic mass is 16.5. The van der Waals surface area contributed by atoms with Crippen molar-refractivity contribution in [3.63, 3.8) is 0 Å². The Morgan fingerprint density at radius 3 is 2.50 bits per heavy atom. The molecule has 0 aromatic heterocycles. The summed E-state index contributed by atoms with van der Waals surface area (Å²) in [5, 5.41) is 2.07. The summed E-state index contributed by atoms with van der Waals surface area (Å²) in [5.74, 6) is -0.685. The average molecular weight is 242 g/mol. The molecule has 0 aliphatic heterocycles. The van der Waals surface area contributed by atoms with Gasteiger partial charge in [0.25, 0.3) is 0 Å². The number of hydrogen-bond acceptors (Lipinski definition) is 3. The Balaban J connectivity index is 2.20. The van der Waals surface area contributed by atoms with Crippen LogP contribution >= 0.6 is 0 Å². The van der Waals surface area contributed by atoms with E-state index in [9.17, 15) is 9.59 Å². The molecular formula is C15H14O3. The van der Waals surface area contributed by atoms with Crippen molar-refractivity contribution in [3.05, 3.63) is 48.0 Å². The maximum absolute atomic E-state index is 11.9. The van der Waals surface area contributed by atoms with Crippen molar-refractivity contribution in [2.24, 2.45) is 0 Å². The fourth-order valence-corrected chi connectivity index (χ4v) is 1.81. The van der Waals surface area contributed by atoms with Crippen molar-refractivity contribution in [1.82, 2.24) is 0 Å². The molecule has 3 heteroatoms. The van der Waals surface area contributed by atoms with Gasteiger partial charge in [-0.3, -0.25) is 9.59 Å². The third-order valence-corrected chi connectivity index (χ3v) is 2.68. The zero-order valence-corrected chi connectivity index (χ0v) is 10.2. The molecule has 0 bridgehead atoms. The summed E-state index contributed by atoms with van der Waals surface area (Å²) >= 11 is 0. The predicted molar refractivity (Wildman–Crippen MR) is 69.5 cm³/mol. The second-order valence-electron chi connectivity index (χ2n) is 3.97. The molecule has 92 valence electrons. The Bertz CT molecular complexity index is 587. The van der Waals surface area contributed by atoms with Gasteiger partial charge in [-0.05, 0) is 23.8 Å². The molecular weight excluding hydrogens is 228 g/mol. The lowest BCUT2D eigenvalue weighted by Gasteiger charge is -2.03. The first-order valence-electron chi connectivity index (χ1n) is 5.88. The van der Waals surface area contributed by atoms with Crippen molar-refractivity contribution < 1.29 is 14.3 Å². The number of rotatable bonds is 4. The first-order valence-corrected chi connectivity index (χ1v) is 5.88. The van der Waals surface area contributed by atoms with Crippen LogP contribution in [0.25, 0.3) is 10.8 Å². The first-order chi connectivity index (χ1) is 8.70. The van der Waals surface area contributed by atoms with Gasteiger partial charge in [-0.15, -0.1) is 0 Å². The van der Waals surface area contributed by atoms with E-state index in [1.54, 1.807) is 19.1 Å². The van der Waals surface area contributed by atoms with Crippen LogP contribution in [0.5, 0.6) is 0 Å². The van der Waals surface area contributed by atoms with Gasteiger partial charge in [-0.25, -0.2) is 0 Å². The number of ketones is 1. The summed E-state index contributed by atoms with van der Waals surface area (Å²) < 4.78 is 4.76. The van der Waals surface area contributed by atoms with Crippen LogP contribution in [0.2, 0.25) is 0 Å². The molecule has 0 heterocycles. The summed E-state index contributed by atoms with van der Waals surface area (Å²) in [6.45, 7) is 2.02. The Labute approximate surface area is 105 Å². The minimum Gasteiger partial charge on any atom is -0.466 e. The summed E-state index contributed by atoms with van der Waals surface area (Å²) in [5.41, 5.74) is 0.543. The van der Waals surface area contributed by atoms with Gasteiger partial charge in [0.2, 0.25) is 0 Å². The van der Waals surface area contributed by atoms with Crippen LogP contribution in [0.15, 0.2) is 42.5 Å². The quantitative estimate of drug-likeness (QED) is 0.470. The maximum atomic E-state index is 11.9. The van der Waals surface area contributed by atoms with E-state index in [4.69, 9.17) is 4.74 Å². The molecule has 0 saturated heterocycles. The molecule has 0 N–H and O–H groups in total. The van der Waals surface area contributed by atoms with E-state index < -0.39 is 5.97 Å². The zero-order valence-electron chi connectivity index (χ0n) is 10.2. The van der Waals surface area contributed by atoms with Crippen LogP contribution in [-0.4, -0.2) is 18.4 Å². The van der Waals surface area contributed by atoms with Gasteiger partial charge in [-0.1, -0.05) is 36.4 Å². The number of hydrogen-bond donors (Lipinski definition) is 0. The number of esters is 1. The van der Waals surface area contributed by atoms with Crippen LogP contribution in [0.1, 0.15) is 23.7 Å².